The van der Waals surface area contributed by atoms with Gasteiger partial charge in [-0.15, -0.1) is 11.3 Å². The monoisotopic (exact) mass is 515 g/mol. The van der Waals surface area contributed by atoms with Crippen LogP contribution < -0.4 is 0 Å². The van der Waals surface area contributed by atoms with Crippen LogP contribution in [0, 0.1) is 0 Å². The van der Waals surface area contributed by atoms with Crippen LogP contribution in [-0.2, 0) is 0 Å². The highest BCUT2D eigenvalue weighted by Gasteiger charge is 2.18. The molecule has 0 spiro atoms. The van der Waals surface area contributed by atoms with Gasteiger partial charge in [0.1, 0.15) is 11.2 Å². The van der Waals surface area contributed by atoms with E-state index >= 15 is 0 Å². The Balaban J connectivity index is 1.38. The molecule has 0 aliphatic rings. The minimum absolute atomic E-state index is 0.907. The summed E-state index contributed by atoms with van der Waals surface area (Å²) in [4.78, 5) is 0. The molecule has 0 atom stereocenters. The van der Waals surface area contributed by atoms with Crippen molar-refractivity contribution in [2.45, 2.75) is 0 Å². The van der Waals surface area contributed by atoms with E-state index in [0.717, 1.165) is 27.6 Å². The Morgan fingerprint density at radius 1 is 0.462 bits per heavy atom. The fourth-order valence-electron chi connectivity index (χ4n) is 6.38. The summed E-state index contributed by atoms with van der Waals surface area (Å²) < 4.78 is 11.4. The Hall–Kier alpha value is -4.86. The lowest BCUT2D eigenvalue weighted by atomic mass is 9.95. The molecule has 9 aromatic rings. The van der Waals surface area contributed by atoms with Crippen LogP contribution in [0.1, 0.15) is 0 Å². The molecule has 0 saturated heterocycles. The Kier molecular flexibility index (Phi) is 4.24. The van der Waals surface area contributed by atoms with E-state index in [4.69, 9.17) is 4.42 Å². The first-order valence-corrected chi connectivity index (χ1v) is 14.0. The second-order valence-electron chi connectivity index (χ2n) is 10.1. The van der Waals surface area contributed by atoms with Crippen molar-refractivity contribution < 1.29 is 4.42 Å². The molecule has 0 fully saturated rings. The van der Waals surface area contributed by atoms with E-state index in [9.17, 15) is 0 Å². The quantitative estimate of drug-likeness (QED) is 0.224. The van der Waals surface area contributed by atoms with Crippen LogP contribution in [0.3, 0.4) is 0 Å². The molecule has 0 radical (unpaired) electrons. The van der Waals surface area contributed by atoms with Gasteiger partial charge in [-0.25, -0.2) is 0 Å². The van der Waals surface area contributed by atoms with Gasteiger partial charge < -0.3 is 8.98 Å². The summed E-state index contributed by atoms with van der Waals surface area (Å²) in [5, 5.41) is 7.46. The third kappa shape index (κ3) is 2.91. The van der Waals surface area contributed by atoms with Gasteiger partial charge in [-0.1, -0.05) is 78.9 Å². The van der Waals surface area contributed by atoms with Crippen molar-refractivity contribution in [3.05, 3.63) is 127 Å². The molecule has 0 saturated carbocycles. The largest absolute Gasteiger partial charge is 0.456 e. The number of nitrogens with zero attached hydrogens (tertiary/aromatic N) is 1. The number of hydrogen-bond donors (Lipinski definition) is 0. The van der Waals surface area contributed by atoms with Crippen molar-refractivity contribution in [2.24, 2.45) is 0 Å². The van der Waals surface area contributed by atoms with E-state index in [-0.39, 0.29) is 0 Å². The minimum Gasteiger partial charge on any atom is -0.456 e. The van der Waals surface area contributed by atoms with Crippen LogP contribution in [0.5, 0.6) is 0 Å². The molecule has 182 valence electrons. The van der Waals surface area contributed by atoms with Crippen LogP contribution >= 0.6 is 11.3 Å². The Morgan fingerprint density at radius 2 is 1.10 bits per heavy atom. The maximum absolute atomic E-state index is 6.44. The van der Waals surface area contributed by atoms with Crippen LogP contribution in [0.15, 0.2) is 132 Å². The number of fused-ring (bicyclic) bond motifs is 9. The highest BCUT2D eigenvalue weighted by Crippen LogP contribution is 2.44. The molecule has 39 heavy (non-hydrogen) atoms. The Morgan fingerprint density at radius 3 is 1.90 bits per heavy atom. The molecule has 2 nitrogen and oxygen atoms in total. The van der Waals surface area contributed by atoms with E-state index < -0.39 is 0 Å². The first kappa shape index (κ1) is 21.1. The highest BCUT2D eigenvalue weighted by molar-refractivity contribution is 7.25. The van der Waals surface area contributed by atoms with Gasteiger partial charge in [0.2, 0.25) is 0 Å². The summed E-state index contributed by atoms with van der Waals surface area (Å²) in [5.41, 5.74) is 7.83. The predicted molar refractivity (Wildman–Crippen MR) is 166 cm³/mol. The molecular formula is C36H21NOS. The number of aromatic nitrogens is 1. The SMILES string of the molecule is c1cc(-c2cccc3sc4ccccc4c23)c2c(c1)oc1ccc(-n3c4ccccc4c4ccccc43)cc12. The molecule has 3 aromatic heterocycles. The second-order valence-corrected chi connectivity index (χ2v) is 11.2. The molecule has 0 aliphatic carbocycles. The highest BCUT2D eigenvalue weighted by atomic mass is 32.1. The van der Waals surface area contributed by atoms with Gasteiger partial charge in [0, 0.05) is 47.4 Å². The lowest BCUT2D eigenvalue weighted by Crippen LogP contribution is -1.93. The average Bonchev–Trinajstić information content (AvgIpc) is 3.66. The third-order valence-corrected chi connectivity index (χ3v) is 9.15. The van der Waals surface area contributed by atoms with E-state index in [1.54, 1.807) is 0 Å². The zero-order valence-corrected chi connectivity index (χ0v) is 21.7. The molecule has 9 rings (SSSR count). The zero-order valence-electron chi connectivity index (χ0n) is 20.9. The van der Waals surface area contributed by atoms with E-state index in [2.05, 4.69) is 132 Å². The number of para-hydroxylation sites is 2. The normalized spacial score (nSPS) is 12.1. The molecule has 3 heterocycles. The van der Waals surface area contributed by atoms with E-state index in [0.29, 0.717) is 0 Å². The van der Waals surface area contributed by atoms with Crippen molar-refractivity contribution >= 4 is 75.3 Å². The second kappa shape index (κ2) is 7.83. The van der Waals surface area contributed by atoms with Crippen LogP contribution in [0.2, 0.25) is 0 Å². The van der Waals surface area contributed by atoms with E-state index in [1.165, 1.54) is 53.1 Å². The lowest BCUT2D eigenvalue weighted by Gasteiger charge is -2.09. The molecule has 0 bridgehead atoms. The smallest absolute Gasteiger partial charge is 0.136 e. The topological polar surface area (TPSA) is 18.1 Å². The number of hydrogen-bond acceptors (Lipinski definition) is 2. The fraction of sp³-hybridized carbons (Fsp3) is 0. The first-order chi connectivity index (χ1) is 19.3. The van der Waals surface area contributed by atoms with Gasteiger partial charge in [0.05, 0.1) is 11.0 Å². The molecule has 0 aliphatic heterocycles. The maximum atomic E-state index is 6.44. The van der Waals surface area contributed by atoms with Gasteiger partial charge >= 0.3 is 0 Å². The summed E-state index contributed by atoms with van der Waals surface area (Å²) >= 11 is 1.86. The fourth-order valence-corrected chi connectivity index (χ4v) is 7.51. The number of thiophene rings is 1. The summed E-state index contributed by atoms with van der Waals surface area (Å²) in [6.07, 6.45) is 0. The van der Waals surface area contributed by atoms with E-state index in [1.807, 2.05) is 11.3 Å². The summed E-state index contributed by atoms with van der Waals surface area (Å²) in [6, 6.07) is 45.7. The molecule has 0 amide bonds. The molecule has 6 aromatic carbocycles. The number of furan rings is 1. The third-order valence-electron chi connectivity index (χ3n) is 8.01. The van der Waals surface area contributed by atoms with Gasteiger partial charge in [-0.3, -0.25) is 0 Å². The van der Waals surface area contributed by atoms with Gasteiger partial charge in [-0.05, 0) is 59.7 Å². The zero-order chi connectivity index (χ0) is 25.5. The van der Waals surface area contributed by atoms with Gasteiger partial charge in [0.25, 0.3) is 0 Å². The molecule has 0 N–H and O–H groups in total. The average molecular weight is 516 g/mol. The summed E-state index contributed by atoms with van der Waals surface area (Å²) in [7, 11) is 0. The van der Waals surface area contributed by atoms with Crippen LogP contribution in [0.25, 0.3) is 80.7 Å². The standard InChI is InChI=1S/C36H21NOS/c1-4-14-29-23(9-1)24-10-2-5-15-30(24)37(29)22-19-20-31-28(21-22)35-25(12-7-16-32(35)38-31)26-13-8-18-34-36(26)27-11-3-6-17-33(27)39-34/h1-21H. The number of benzene rings is 6. The molecular weight excluding hydrogens is 494 g/mol. The molecule has 0 unspecified atom stereocenters. The summed E-state index contributed by atoms with van der Waals surface area (Å²) in [6.45, 7) is 0. The first-order valence-electron chi connectivity index (χ1n) is 13.2. The van der Waals surface area contributed by atoms with Crippen LogP contribution in [0.4, 0.5) is 0 Å². The minimum atomic E-state index is 0.907. The van der Waals surface area contributed by atoms with Crippen LogP contribution in [-0.4, -0.2) is 4.57 Å². The maximum Gasteiger partial charge on any atom is 0.136 e. The van der Waals surface area contributed by atoms with Crippen molar-refractivity contribution in [3.8, 4) is 16.8 Å². The predicted octanol–water partition coefficient (Wildman–Crippen LogP) is 10.7. The van der Waals surface area contributed by atoms with Crippen molar-refractivity contribution in [1.82, 2.24) is 4.57 Å². The molecule has 3 heteroatoms. The van der Waals surface area contributed by atoms with Gasteiger partial charge in [-0.2, -0.15) is 0 Å². The van der Waals surface area contributed by atoms with Crippen molar-refractivity contribution in [3.63, 3.8) is 0 Å². The lowest BCUT2D eigenvalue weighted by molar-refractivity contribution is 0.669. The van der Waals surface area contributed by atoms with Crippen molar-refractivity contribution in [2.75, 3.05) is 0 Å². The van der Waals surface area contributed by atoms with Crippen molar-refractivity contribution in [1.29, 1.82) is 0 Å². The number of rotatable bonds is 2. The summed E-state index contributed by atoms with van der Waals surface area (Å²) in [5.74, 6) is 0. The van der Waals surface area contributed by atoms with Gasteiger partial charge in [0.15, 0.2) is 0 Å². The Bertz CT molecular complexity index is 2350. The Labute approximate surface area is 227 Å².